The molecule has 1 N–H and O–H groups in total. The first-order valence-electron chi connectivity index (χ1n) is 6.11. The number of rotatable bonds is 3. The Kier molecular flexibility index (Phi) is 3.48. The zero-order valence-corrected chi connectivity index (χ0v) is 10.4. The molecule has 0 amide bonds. The van der Waals surface area contributed by atoms with Crippen molar-refractivity contribution < 1.29 is 9.90 Å². The largest absolute Gasteiger partial charge is 0.480 e. The average Bonchev–Trinajstić information content (AvgIpc) is 2.69. The van der Waals surface area contributed by atoms with Gasteiger partial charge in [0, 0.05) is 6.04 Å². The van der Waals surface area contributed by atoms with Crippen LogP contribution in [0.3, 0.4) is 0 Å². The van der Waals surface area contributed by atoms with E-state index in [9.17, 15) is 4.79 Å². The van der Waals surface area contributed by atoms with Gasteiger partial charge in [0.15, 0.2) is 0 Å². The average molecular weight is 233 g/mol. The van der Waals surface area contributed by atoms with Crippen LogP contribution in [0.25, 0.3) is 0 Å². The molecule has 1 aliphatic heterocycles. The van der Waals surface area contributed by atoms with Crippen LogP contribution in [0, 0.1) is 13.8 Å². The maximum atomic E-state index is 10.8. The van der Waals surface area contributed by atoms with Gasteiger partial charge in [0.25, 0.3) is 0 Å². The summed E-state index contributed by atoms with van der Waals surface area (Å²) in [5.74, 6) is -0.734. The Bertz CT molecular complexity index is 428. The predicted octanol–water partition coefficient (Wildman–Crippen LogP) is 2.52. The smallest absolute Gasteiger partial charge is 0.317 e. The van der Waals surface area contributed by atoms with Gasteiger partial charge in [-0.1, -0.05) is 18.2 Å². The standard InChI is InChI=1S/C14H19NO2/c1-10-5-3-6-12(11(10)2)13-7-4-8-15(13)9-14(16)17/h3,5-6,13H,4,7-9H2,1-2H3,(H,16,17). The van der Waals surface area contributed by atoms with E-state index in [1.165, 1.54) is 16.7 Å². The first kappa shape index (κ1) is 12.1. The molecule has 1 aromatic rings. The Balaban J connectivity index is 2.26. The van der Waals surface area contributed by atoms with Crippen molar-refractivity contribution in [1.82, 2.24) is 4.90 Å². The van der Waals surface area contributed by atoms with Crippen molar-refractivity contribution in [3.8, 4) is 0 Å². The summed E-state index contributed by atoms with van der Waals surface area (Å²) in [6.45, 7) is 5.28. The van der Waals surface area contributed by atoms with Crippen LogP contribution in [0.5, 0.6) is 0 Å². The Labute approximate surface area is 102 Å². The van der Waals surface area contributed by atoms with E-state index in [1.807, 2.05) is 0 Å². The van der Waals surface area contributed by atoms with Crippen molar-refractivity contribution in [2.75, 3.05) is 13.1 Å². The molecule has 1 aliphatic rings. The van der Waals surface area contributed by atoms with Gasteiger partial charge < -0.3 is 5.11 Å². The van der Waals surface area contributed by atoms with Crippen LogP contribution in [0.2, 0.25) is 0 Å². The molecule has 1 atom stereocenters. The van der Waals surface area contributed by atoms with Gasteiger partial charge in [0.05, 0.1) is 6.54 Å². The molecule has 1 unspecified atom stereocenters. The SMILES string of the molecule is Cc1cccc(C2CCCN2CC(=O)O)c1C. The van der Waals surface area contributed by atoms with E-state index in [4.69, 9.17) is 5.11 Å². The van der Waals surface area contributed by atoms with Crippen LogP contribution >= 0.6 is 0 Å². The summed E-state index contributed by atoms with van der Waals surface area (Å²) >= 11 is 0. The van der Waals surface area contributed by atoms with Crippen molar-refractivity contribution in [3.63, 3.8) is 0 Å². The third kappa shape index (κ3) is 2.50. The Morgan fingerprint density at radius 3 is 2.94 bits per heavy atom. The van der Waals surface area contributed by atoms with E-state index in [1.54, 1.807) is 0 Å². The van der Waals surface area contributed by atoms with Crippen LogP contribution in [0.15, 0.2) is 18.2 Å². The maximum absolute atomic E-state index is 10.8. The van der Waals surface area contributed by atoms with Gasteiger partial charge in [0.1, 0.15) is 0 Å². The number of nitrogens with zero attached hydrogens (tertiary/aromatic N) is 1. The number of carboxylic acids is 1. The fraction of sp³-hybridized carbons (Fsp3) is 0.500. The normalized spacial score (nSPS) is 20.7. The van der Waals surface area contributed by atoms with Gasteiger partial charge in [0.2, 0.25) is 0 Å². The highest BCUT2D eigenvalue weighted by Crippen LogP contribution is 2.34. The second-order valence-electron chi connectivity index (χ2n) is 4.81. The third-order valence-corrected chi connectivity index (χ3v) is 3.71. The van der Waals surface area contributed by atoms with Crippen LogP contribution in [-0.2, 0) is 4.79 Å². The van der Waals surface area contributed by atoms with Crippen molar-refractivity contribution in [3.05, 3.63) is 34.9 Å². The Hall–Kier alpha value is -1.35. The zero-order valence-electron chi connectivity index (χ0n) is 10.4. The molecule has 2 rings (SSSR count). The van der Waals surface area contributed by atoms with E-state index in [-0.39, 0.29) is 12.6 Å². The molecule has 1 fully saturated rings. The summed E-state index contributed by atoms with van der Waals surface area (Å²) in [7, 11) is 0. The molecule has 17 heavy (non-hydrogen) atoms. The molecular weight excluding hydrogens is 214 g/mol. The van der Waals surface area contributed by atoms with E-state index >= 15 is 0 Å². The van der Waals surface area contributed by atoms with E-state index in [0.717, 1.165) is 19.4 Å². The lowest BCUT2D eigenvalue weighted by Crippen LogP contribution is -2.29. The summed E-state index contributed by atoms with van der Waals surface area (Å²) in [6, 6.07) is 6.59. The molecule has 0 spiro atoms. The molecular formula is C14H19NO2. The fourth-order valence-electron chi connectivity index (χ4n) is 2.68. The van der Waals surface area contributed by atoms with Gasteiger partial charge in [-0.25, -0.2) is 0 Å². The van der Waals surface area contributed by atoms with Gasteiger partial charge in [-0.15, -0.1) is 0 Å². The van der Waals surface area contributed by atoms with E-state index in [0.29, 0.717) is 0 Å². The quantitative estimate of drug-likeness (QED) is 0.872. The highest BCUT2D eigenvalue weighted by atomic mass is 16.4. The van der Waals surface area contributed by atoms with Gasteiger partial charge in [-0.05, 0) is 49.9 Å². The van der Waals surface area contributed by atoms with Gasteiger partial charge >= 0.3 is 5.97 Å². The summed E-state index contributed by atoms with van der Waals surface area (Å²) < 4.78 is 0. The Morgan fingerprint density at radius 2 is 2.24 bits per heavy atom. The first-order chi connectivity index (χ1) is 8.09. The van der Waals surface area contributed by atoms with Crippen molar-refractivity contribution in [1.29, 1.82) is 0 Å². The second-order valence-corrected chi connectivity index (χ2v) is 4.81. The third-order valence-electron chi connectivity index (χ3n) is 3.71. The van der Waals surface area contributed by atoms with Crippen LogP contribution < -0.4 is 0 Å². The Morgan fingerprint density at radius 1 is 1.47 bits per heavy atom. The topological polar surface area (TPSA) is 40.5 Å². The van der Waals surface area contributed by atoms with Gasteiger partial charge in [-0.2, -0.15) is 0 Å². The first-order valence-corrected chi connectivity index (χ1v) is 6.11. The number of hydrogen-bond donors (Lipinski definition) is 1. The molecule has 3 heteroatoms. The summed E-state index contributed by atoms with van der Waals surface area (Å²) in [5, 5.41) is 8.92. The number of hydrogen-bond acceptors (Lipinski definition) is 2. The number of aryl methyl sites for hydroxylation is 1. The zero-order chi connectivity index (χ0) is 12.4. The molecule has 0 aromatic heterocycles. The summed E-state index contributed by atoms with van der Waals surface area (Å²) in [6.07, 6.45) is 2.16. The molecule has 0 radical (unpaired) electrons. The van der Waals surface area contributed by atoms with Crippen molar-refractivity contribution >= 4 is 5.97 Å². The lowest BCUT2D eigenvalue weighted by molar-refractivity contribution is -0.138. The molecule has 1 aromatic carbocycles. The molecule has 92 valence electrons. The van der Waals surface area contributed by atoms with Crippen LogP contribution in [0.1, 0.15) is 35.6 Å². The van der Waals surface area contributed by atoms with Crippen LogP contribution in [0.4, 0.5) is 0 Å². The van der Waals surface area contributed by atoms with Gasteiger partial charge in [-0.3, -0.25) is 9.69 Å². The number of aliphatic carboxylic acids is 1. The van der Waals surface area contributed by atoms with E-state index in [2.05, 4.69) is 36.9 Å². The minimum atomic E-state index is -0.734. The number of carbonyl (C=O) groups is 1. The van der Waals surface area contributed by atoms with E-state index < -0.39 is 5.97 Å². The lowest BCUT2D eigenvalue weighted by Gasteiger charge is -2.25. The molecule has 3 nitrogen and oxygen atoms in total. The van der Waals surface area contributed by atoms with Crippen molar-refractivity contribution in [2.45, 2.75) is 32.7 Å². The molecule has 1 heterocycles. The molecule has 0 saturated carbocycles. The highest BCUT2D eigenvalue weighted by molar-refractivity contribution is 5.69. The maximum Gasteiger partial charge on any atom is 0.317 e. The second kappa shape index (κ2) is 4.88. The highest BCUT2D eigenvalue weighted by Gasteiger charge is 2.28. The lowest BCUT2D eigenvalue weighted by atomic mass is 9.96. The summed E-state index contributed by atoms with van der Waals surface area (Å²) in [5.41, 5.74) is 3.88. The van der Waals surface area contributed by atoms with Crippen LogP contribution in [-0.4, -0.2) is 29.1 Å². The number of likely N-dealkylation sites (tertiary alicyclic amines) is 1. The molecule has 1 saturated heterocycles. The number of benzene rings is 1. The van der Waals surface area contributed by atoms with Crippen molar-refractivity contribution in [2.24, 2.45) is 0 Å². The number of carboxylic acid groups (broad SMARTS) is 1. The predicted molar refractivity (Wildman–Crippen MR) is 67.1 cm³/mol. The fourth-order valence-corrected chi connectivity index (χ4v) is 2.68. The summed E-state index contributed by atoms with van der Waals surface area (Å²) in [4.78, 5) is 12.9. The monoisotopic (exact) mass is 233 g/mol. The minimum absolute atomic E-state index is 0.151. The molecule has 0 bridgehead atoms. The minimum Gasteiger partial charge on any atom is -0.480 e. The molecule has 0 aliphatic carbocycles.